The normalized spacial score (nSPS) is 14.7. The second-order valence-corrected chi connectivity index (χ2v) is 9.84. The summed E-state index contributed by atoms with van der Waals surface area (Å²) in [6.07, 6.45) is -0.0463. The Morgan fingerprint density at radius 1 is 1.28 bits per heavy atom. The van der Waals surface area contributed by atoms with Crippen LogP contribution < -0.4 is 0 Å². The van der Waals surface area contributed by atoms with Gasteiger partial charge in [-0.2, -0.15) is 0 Å². The summed E-state index contributed by atoms with van der Waals surface area (Å²) >= 11 is 0. The maximum Gasteiger partial charge on any atom is 0.184 e. The van der Waals surface area contributed by atoms with Gasteiger partial charge in [-0.3, -0.25) is 0 Å². The van der Waals surface area contributed by atoms with E-state index in [1.165, 1.54) is 5.56 Å². The molecule has 0 aliphatic carbocycles. The first-order valence-corrected chi connectivity index (χ1v) is 9.58. The van der Waals surface area contributed by atoms with E-state index in [9.17, 15) is 0 Å². The van der Waals surface area contributed by atoms with Gasteiger partial charge in [0.15, 0.2) is 8.32 Å². The van der Waals surface area contributed by atoms with E-state index in [0.717, 1.165) is 0 Å². The number of rotatable bonds is 6. The molecule has 0 fully saturated rings. The van der Waals surface area contributed by atoms with E-state index in [2.05, 4.69) is 48.7 Å². The summed E-state index contributed by atoms with van der Waals surface area (Å²) in [7, 11) is -1.65. The Balaban J connectivity index is 2.85. The lowest BCUT2D eigenvalue weighted by molar-refractivity contribution is 0.176. The lowest BCUT2D eigenvalue weighted by Crippen LogP contribution is -2.36. The first kappa shape index (κ1) is 14.8. The van der Waals surface area contributed by atoms with Crippen molar-refractivity contribution in [2.45, 2.75) is 38.6 Å². The summed E-state index contributed by atoms with van der Waals surface area (Å²) in [5.74, 6) is 0.225. The van der Waals surface area contributed by atoms with Crippen molar-refractivity contribution in [3.8, 4) is 0 Å². The molecule has 0 aliphatic rings. The number of hydrogen-bond donors (Lipinski definition) is 0. The van der Waals surface area contributed by atoms with Crippen LogP contribution in [0, 0.1) is 0 Å². The van der Waals surface area contributed by atoms with Gasteiger partial charge in [0, 0.05) is 10.8 Å². The molecule has 1 aromatic rings. The van der Waals surface area contributed by atoms with E-state index in [4.69, 9.17) is 9.96 Å². The second kappa shape index (κ2) is 6.59. The van der Waals surface area contributed by atoms with Crippen LogP contribution in [0.5, 0.6) is 0 Å². The van der Waals surface area contributed by atoms with Crippen LogP contribution in [-0.2, 0) is 4.43 Å². The molecule has 0 unspecified atom stereocenters. The Morgan fingerprint density at radius 3 is 2.39 bits per heavy atom. The monoisotopic (exact) mass is 263 g/mol. The highest BCUT2D eigenvalue weighted by molar-refractivity contribution is 6.69. The molecule has 18 heavy (non-hydrogen) atoms. The molecular formula is C13H21N3OSi. The first-order chi connectivity index (χ1) is 8.44. The van der Waals surface area contributed by atoms with Crippen molar-refractivity contribution in [3.05, 3.63) is 46.3 Å². The third kappa shape index (κ3) is 4.92. The fourth-order valence-corrected chi connectivity index (χ4v) is 3.03. The minimum absolute atomic E-state index is 0.0463. The van der Waals surface area contributed by atoms with Crippen molar-refractivity contribution < 1.29 is 4.43 Å². The van der Waals surface area contributed by atoms with E-state index in [1.807, 2.05) is 18.2 Å². The van der Waals surface area contributed by atoms with Crippen molar-refractivity contribution in [2.24, 2.45) is 5.11 Å². The largest absolute Gasteiger partial charge is 0.414 e. The number of azide groups is 1. The van der Waals surface area contributed by atoms with Gasteiger partial charge in [0.1, 0.15) is 0 Å². The Bertz CT molecular complexity index is 410. The first-order valence-electron chi connectivity index (χ1n) is 6.17. The summed E-state index contributed by atoms with van der Waals surface area (Å²) in [5.41, 5.74) is 9.70. The molecule has 0 bridgehead atoms. The molecule has 2 atom stereocenters. The van der Waals surface area contributed by atoms with Crippen LogP contribution in [-0.4, -0.2) is 21.0 Å². The minimum Gasteiger partial charge on any atom is -0.414 e. The number of nitrogens with zero attached hydrogens (tertiary/aromatic N) is 3. The summed E-state index contributed by atoms with van der Waals surface area (Å²) in [6.45, 7) is 8.94. The molecule has 0 radical (unpaired) electrons. The molecule has 5 heteroatoms. The average Bonchev–Trinajstić information content (AvgIpc) is 2.33. The van der Waals surface area contributed by atoms with Crippen molar-refractivity contribution in [1.82, 2.24) is 0 Å². The zero-order chi connectivity index (χ0) is 13.6. The van der Waals surface area contributed by atoms with E-state index in [0.29, 0.717) is 6.54 Å². The molecule has 4 nitrogen and oxygen atoms in total. The van der Waals surface area contributed by atoms with Gasteiger partial charge in [-0.1, -0.05) is 42.4 Å². The SMILES string of the molecule is C[C@H](c1ccccc1)[C@H](CN=[N+]=[N-])O[Si](C)(C)C. The molecule has 0 spiro atoms. The summed E-state index contributed by atoms with van der Waals surface area (Å²) in [5, 5.41) is 3.68. The third-order valence-electron chi connectivity index (χ3n) is 2.71. The predicted octanol–water partition coefficient (Wildman–Crippen LogP) is 4.32. The van der Waals surface area contributed by atoms with Crippen LogP contribution in [0.3, 0.4) is 0 Å². The van der Waals surface area contributed by atoms with Gasteiger partial charge in [0.05, 0.1) is 12.6 Å². The lowest BCUT2D eigenvalue weighted by Gasteiger charge is -2.30. The van der Waals surface area contributed by atoms with E-state index in [1.54, 1.807) is 0 Å². The highest BCUT2D eigenvalue weighted by Crippen LogP contribution is 2.24. The van der Waals surface area contributed by atoms with Gasteiger partial charge >= 0.3 is 0 Å². The Hall–Kier alpha value is -1.29. The number of benzene rings is 1. The van der Waals surface area contributed by atoms with Crippen LogP contribution in [0.1, 0.15) is 18.4 Å². The van der Waals surface area contributed by atoms with Crippen LogP contribution >= 0.6 is 0 Å². The van der Waals surface area contributed by atoms with Gasteiger partial charge in [-0.25, -0.2) is 0 Å². The van der Waals surface area contributed by atoms with Crippen molar-refractivity contribution in [3.63, 3.8) is 0 Å². The highest BCUT2D eigenvalue weighted by atomic mass is 28.4. The average molecular weight is 263 g/mol. The predicted molar refractivity (Wildman–Crippen MR) is 77.1 cm³/mol. The van der Waals surface area contributed by atoms with Crippen molar-refractivity contribution in [2.75, 3.05) is 6.54 Å². The van der Waals surface area contributed by atoms with Crippen molar-refractivity contribution >= 4 is 8.32 Å². The zero-order valence-corrected chi connectivity index (χ0v) is 12.5. The maximum atomic E-state index is 8.48. The molecule has 0 aliphatic heterocycles. The summed E-state index contributed by atoms with van der Waals surface area (Å²) < 4.78 is 6.13. The van der Waals surface area contributed by atoms with Crippen LogP contribution in [0.15, 0.2) is 35.4 Å². The summed E-state index contributed by atoms with van der Waals surface area (Å²) in [6, 6.07) is 10.2. The molecule has 0 amide bonds. The van der Waals surface area contributed by atoms with Gasteiger partial charge in [-0.05, 0) is 30.7 Å². The molecule has 1 rings (SSSR count). The van der Waals surface area contributed by atoms with Crippen LogP contribution in [0.25, 0.3) is 10.4 Å². The van der Waals surface area contributed by atoms with E-state index >= 15 is 0 Å². The fraction of sp³-hybridized carbons (Fsp3) is 0.538. The molecule has 0 saturated carbocycles. The van der Waals surface area contributed by atoms with Gasteiger partial charge in [0.25, 0.3) is 0 Å². The third-order valence-corrected chi connectivity index (χ3v) is 3.72. The second-order valence-electron chi connectivity index (χ2n) is 5.38. The quantitative estimate of drug-likeness (QED) is 0.326. The standard InChI is InChI=1S/C13H21N3OSi/c1-11(12-8-6-5-7-9-12)13(10-15-16-14)17-18(2,3)4/h5-9,11,13H,10H2,1-4H3/t11-,13+/m1/s1. The molecule has 98 valence electrons. The maximum absolute atomic E-state index is 8.48. The van der Waals surface area contributed by atoms with E-state index < -0.39 is 8.32 Å². The van der Waals surface area contributed by atoms with Gasteiger partial charge in [0.2, 0.25) is 0 Å². The van der Waals surface area contributed by atoms with Crippen molar-refractivity contribution in [1.29, 1.82) is 0 Å². The van der Waals surface area contributed by atoms with Crippen LogP contribution in [0.4, 0.5) is 0 Å². The highest BCUT2D eigenvalue weighted by Gasteiger charge is 2.25. The molecule has 0 aromatic heterocycles. The molecule has 0 saturated heterocycles. The topological polar surface area (TPSA) is 58.0 Å². The Kier molecular flexibility index (Phi) is 5.41. The Labute approximate surface area is 110 Å². The summed E-state index contributed by atoms with van der Waals surface area (Å²) in [4.78, 5) is 2.84. The van der Waals surface area contributed by atoms with Crippen LogP contribution in [0.2, 0.25) is 19.6 Å². The molecule has 1 aromatic carbocycles. The number of hydrogen-bond acceptors (Lipinski definition) is 2. The van der Waals surface area contributed by atoms with E-state index in [-0.39, 0.29) is 12.0 Å². The van der Waals surface area contributed by atoms with Gasteiger partial charge < -0.3 is 4.43 Å². The molecule has 0 heterocycles. The smallest absolute Gasteiger partial charge is 0.184 e. The molecular weight excluding hydrogens is 242 g/mol. The fourth-order valence-electron chi connectivity index (χ4n) is 1.84. The Morgan fingerprint density at radius 2 is 1.89 bits per heavy atom. The lowest BCUT2D eigenvalue weighted by atomic mass is 9.95. The minimum atomic E-state index is -1.65. The van der Waals surface area contributed by atoms with Gasteiger partial charge in [-0.15, -0.1) is 0 Å². The molecule has 0 N–H and O–H groups in total. The zero-order valence-electron chi connectivity index (χ0n) is 11.5.